The number of fused-ring (bicyclic) bond motifs is 1. The minimum atomic E-state index is -3.61. The number of aryl methyl sites for hydroxylation is 1. The Kier molecular flexibility index (Phi) is 6.63. The molecule has 1 aliphatic rings. The van der Waals surface area contributed by atoms with E-state index in [1.54, 1.807) is 54.2 Å². The van der Waals surface area contributed by atoms with Crippen LogP contribution in [-0.2, 0) is 27.0 Å². The van der Waals surface area contributed by atoms with Crippen molar-refractivity contribution >= 4 is 39.1 Å². The number of carbonyl (C=O) groups excluding carboxylic acids is 1. The molecule has 3 aromatic carbocycles. The standard InChI is InChI=1S/C24H24N2O3S2/c27-24(18-30-17-19-8-3-1-4-9-19)25-21-13-14-23-20(16-21)10-7-15-26(23)31(28,29)22-11-5-2-6-12-22/h1-6,8-9,11-14,16H,7,10,15,17-18H2,(H,25,27). The van der Waals surface area contributed by atoms with Crippen molar-refractivity contribution in [2.45, 2.75) is 23.5 Å². The lowest BCUT2D eigenvalue weighted by molar-refractivity contribution is -0.113. The number of sulfonamides is 1. The second-order valence-electron chi connectivity index (χ2n) is 7.36. The van der Waals surface area contributed by atoms with Crippen LogP contribution in [0, 0.1) is 0 Å². The number of anilines is 2. The quantitative estimate of drug-likeness (QED) is 0.564. The van der Waals surface area contributed by atoms with Gasteiger partial charge < -0.3 is 5.32 Å². The Labute approximate surface area is 187 Å². The minimum Gasteiger partial charge on any atom is -0.325 e. The molecule has 0 aliphatic carbocycles. The smallest absolute Gasteiger partial charge is 0.264 e. The zero-order valence-corrected chi connectivity index (χ0v) is 18.7. The second-order valence-corrected chi connectivity index (χ2v) is 10.2. The molecular weight excluding hydrogens is 428 g/mol. The predicted octanol–water partition coefficient (Wildman–Crippen LogP) is 4.70. The molecule has 0 spiro atoms. The lowest BCUT2D eigenvalue weighted by Gasteiger charge is -2.30. The van der Waals surface area contributed by atoms with Crippen LogP contribution in [0.2, 0.25) is 0 Å². The fraction of sp³-hybridized carbons (Fsp3) is 0.208. The van der Waals surface area contributed by atoms with E-state index >= 15 is 0 Å². The van der Waals surface area contributed by atoms with Gasteiger partial charge in [0.15, 0.2) is 0 Å². The number of amides is 1. The van der Waals surface area contributed by atoms with Crippen molar-refractivity contribution in [3.8, 4) is 0 Å². The third-order valence-electron chi connectivity index (χ3n) is 5.12. The van der Waals surface area contributed by atoms with Gasteiger partial charge in [-0.3, -0.25) is 9.10 Å². The van der Waals surface area contributed by atoms with E-state index in [1.165, 1.54) is 9.87 Å². The van der Waals surface area contributed by atoms with Gasteiger partial charge in [0.25, 0.3) is 10.0 Å². The zero-order valence-electron chi connectivity index (χ0n) is 17.0. The topological polar surface area (TPSA) is 66.5 Å². The van der Waals surface area contributed by atoms with E-state index < -0.39 is 10.0 Å². The molecule has 0 saturated carbocycles. The lowest BCUT2D eigenvalue weighted by atomic mass is 10.0. The largest absolute Gasteiger partial charge is 0.325 e. The summed E-state index contributed by atoms with van der Waals surface area (Å²) in [7, 11) is -3.61. The molecule has 0 atom stereocenters. The van der Waals surface area contributed by atoms with Gasteiger partial charge in [-0.1, -0.05) is 48.5 Å². The maximum absolute atomic E-state index is 13.1. The summed E-state index contributed by atoms with van der Waals surface area (Å²) in [4.78, 5) is 12.6. The Morgan fingerprint density at radius 3 is 2.42 bits per heavy atom. The highest BCUT2D eigenvalue weighted by Crippen LogP contribution is 2.33. The van der Waals surface area contributed by atoms with Crippen molar-refractivity contribution in [2.24, 2.45) is 0 Å². The van der Waals surface area contributed by atoms with E-state index in [2.05, 4.69) is 5.32 Å². The van der Waals surface area contributed by atoms with Crippen molar-refractivity contribution < 1.29 is 13.2 Å². The number of thioether (sulfide) groups is 1. The monoisotopic (exact) mass is 452 g/mol. The van der Waals surface area contributed by atoms with Crippen molar-refractivity contribution in [1.29, 1.82) is 0 Å². The van der Waals surface area contributed by atoms with Gasteiger partial charge >= 0.3 is 0 Å². The summed E-state index contributed by atoms with van der Waals surface area (Å²) < 4.78 is 27.7. The Morgan fingerprint density at radius 2 is 1.68 bits per heavy atom. The first-order valence-corrected chi connectivity index (χ1v) is 12.8. The predicted molar refractivity (Wildman–Crippen MR) is 127 cm³/mol. The number of rotatable bonds is 7. The molecule has 1 N–H and O–H groups in total. The Balaban J connectivity index is 1.43. The summed E-state index contributed by atoms with van der Waals surface area (Å²) in [6, 6.07) is 24.0. The van der Waals surface area contributed by atoms with Crippen LogP contribution >= 0.6 is 11.8 Å². The molecule has 0 radical (unpaired) electrons. The van der Waals surface area contributed by atoms with Crippen molar-refractivity contribution in [1.82, 2.24) is 0 Å². The van der Waals surface area contributed by atoms with Crippen molar-refractivity contribution in [3.05, 3.63) is 90.0 Å². The van der Waals surface area contributed by atoms with Crippen LogP contribution in [0.1, 0.15) is 17.5 Å². The van der Waals surface area contributed by atoms with Crippen molar-refractivity contribution in [2.75, 3.05) is 21.9 Å². The molecule has 3 aromatic rings. The first-order chi connectivity index (χ1) is 15.0. The molecule has 1 heterocycles. The van der Waals surface area contributed by atoms with E-state index in [0.717, 1.165) is 24.2 Å². The van der Waals surface area contributed by atoms with Crippen LogP contribution in [0.15, 0.2) is 83.8 Å². The highest BCUT2D eigenvalue weighted by atomic mass is 32.2. The fourth-order valence-electron chi connectivity index (χ4n) is 3.64. The van der Waals surface area contributed by atoms with Gasteiger partial charge in [0.05, 0.1) is 16.3 Å². The number of nitrogens with one attached hydrogen (secondary N) is 1. The fourth-order valence-corrected chi connectivity index (χ4v) is 5.99. The number of hydrogen-bond acceptors (Lipinski definition) is 4. The van der Waals surface area contributed by atoms with Crippen LogP contribution in [0.4, 0.5) is 11.4 Å². The molecule has 0 unspecified atom stereocenters. The minimum absolute atomic E-state index is 0.0644. The van der Waals surface area contributed by atoms with E-state index in [1.807, 2.05) is 36.4 Å². The summed E-state index contributed by atoms with van der Waals surface area (Å²) in [6.45, 7) is 0.450. The summed E-state index contributed by atoms with van der Waals surface area (Å²) in [5.41, 5.74) is 3.50. The van der Waals surface area contributed by atoms with Gasteiger partial charge in [0.1, 0.15) is 0 Å². The highest BCUT2D eigenvalue weighted by molar-refractivity contribution is 7.99. The summed E-state index contributed by atoms with van der Waals surface area (Å²) in [5, 5.41) is 2.94. The van der Waals surface area contributed by atoms with Crippen LogP contribution in [0.3, 0.4) is 0 Å². The normalized spacial score (nSPS) is 13.5. The van der Waals surface area contributed by atoms with Crippen LogP contribution < -0.4 is 9.62 Å². The van der Waals surface area contributed by atoms with E-state index in [9.17, 15) is 13.2 Å². The molecule has 1 aliphatic heterocycles. The molecule has 0 fully saturated rings. The maximum atomic E-state index is 13.1. The molecular formula is C24H24N2O3S2. The number of nitrogens with zero attached hydrogens (tertiary/aromatic N) is 1. The van der Waals surface area contributed by atoms with E-state index in [-0.39, 0.29) is 10.8 Å². The zero-order chi connectivity index (χ0) is 21.7. The van der Waals surface area contributed by atoms with Crippen molar-refractivity contribution in [3.63, 3.8) is 0 Å². The summed E-state index contributed by atoms with van der Waals surface area (Å²) in [6.07, 6.45) is 1.52. The van der Waals surface area contributed by atoms with Crippen LogP contribution in [0.5, 0.6) is 0 Å². The Morgan fingerprint density at radius 1 is 0.968 bits per heavy atom. The van der Waals surface area contributed by atoms with Gasteiger partial charge in [-0.05, 0) is 54.3 Å². The molecule has 1 amide bonds. The first-order valence-electron chi connectivity index (χ1n) is 10.2. The number of carbonyl (C=O) groups is 1. The van der Waals surface area contributed by atoms with Gasteiger partial charge in [-0.25, -0.2) is 8.42 Å². The number of hydrogen-bond donors (Lipinski definition) is 1. The second kappa shape index (κ2) is 9.58. The SMILES string of the molecule is O=C(CSCc1ccccc1)Nc1ccc2c(c1)CCCN2S(=O)(=O)c1ccccc1. The Bertz CT molecular complexity index is 1150. The van der Waals surface area contributed by atoms with Crippen LogP contribution in [0.25, 0.3) is 0 Å². The number of benzene rings is 3. The van der Waals surface area contributed by atoms with E-state index in [0.29, 0.717) is 23.7 Å². The third kappa shape index (κ3) is 5.11. The summed E-state index contributed by atoms with van der Waals surface area (Å²) in [5.74, 6) is 1.08. The molecule has 0 bridgehead atoms. The van der Waals surface area contributed by atoms with Gasteiger partial charge in [-0.15, -0.1) is 11.8 Å². The molecule has 7 heteroatoms. The molecule has 4 rings (SSSR count). The average Bonchev–Trinajstić information content (AvgIpc) is 2.80. The lowest BCUT2D eigenvalue weighted by Crippen LogP contribution is -2.35. The molecule has 5 nitrogen and oxygen atoms in total. The maximum Gasteiger partial charge on any atom is 0.264 e. The van der Waals surface area contributed by atoms with Gasteiger partial charge in [0, 0.05) is 18.0 Å². The highest BCUT2D eigenvalue weighted by Gasteiger charge is 2.29. The molecule has 31 heavy (non-hydrogen) atoms. The third-order valence-corrected chi connectivity index (χ3v) is 7.95. The average molecular weight is 453 g/mol. The van der Waals surface area contributed by atoms with Gasteiger partial charge in [0.2, 0.25) is 5.91 Å². The molecule has 160 valence electrons. The van der Waals surface area contributed by atoms with Crippen LogP contribution in [-0.4, -0.2) is 26.6 Å². The Hall–Kier alpha value is -2.77. The first kappa shape index (κ1) is 21.5. The van der Waals surface area contributed by atoms with Gasteiger partial charge in [-0.2, -0.15) is 0 Å². The molecule has 0 saturated heterocycles. The summed E-state index contributed by atoms with van der Waals surface area (Å²) >= 11 is 1.56. The van der Waals surface area contributed by atoms with E-state index in [4.69, 9.17) is 0 Å². The molecule has 0 aromatic heterocycles.